The Morgan fingerprint density at radius 2 is 1.56 bits per heavy atom. The Balaban J connectivity index is -0.000000750. The summed E-state index contributed by atoms with van der Waals surface area (Å²) in [7, 11) is 0. The van der Waals surface area contributed by atoms with Gasteiger partial charge in [-0.1, -0.05) is 51.9 Å². The van der Waals surface area contributed by atoms with E-state index in [1.54, 1.807) is 0 Å². The highest BCUT2D eigenvalue weighted by Crippen LogP contribution is 2.11. The minimum Gasteiger partial charge on any atom is -0.376 e. The molecule has 0 amide bonds. The molecular formula is C13H30Cl3NO. The van der Waals surface area contributed by atoms with Crippen molar-refractivity contribution < 1.29 is 4.74 Å². The van der Waals surface area contributed by atoms with E-state index in [2.05, 4.69) is 12.2 Å². The van der Waals surface area contributed by atoms with E-state index in [9.17, 15) is 0 Å². The SMILES string of the molecule is CCCCCCCCCC1CNCCO1.Cl.Cl.Cl. The molecule has 2 nitrogen and oxygen atoms in total. The highest BCUT2D eigenvalue weighted by atomic mass is 35.5. The molecule has 1 aliphatic rings. The molecule has 0 aromatic rings. The summed E-state index contributed by atoms with van der Waals surface area (Å²) in [5.74, 6) is 0. The third kappa shape index (κ3) is 13.2. The number of halogens is 3. The fourth-order valence-corrected chi connectivity index (χ4v) is 2.13. The molecule has 1 N–H and O–H groups in total. The lowest BCUT2D eigenvalue weighted by atomic mass is 10.1. The van der Waals surface area contributed by atoms with E-state index < -0.39 is 0 Å². The van der Waals surface area contributed by atoms with Crippen molar-refractivity contribution in [2.24, 2.45) is 0 Å². The maximum absolute atomic E-state index is 5.66. The van der Waals surface area contributed by atoms with Gasteiger partial charge in [0.15, 0.2) is 0 Å². The second kappa shape index (κ2) is 17.8. The van der Waals surface area contributed by atoms with Crippen LogP contribution >= 0.6 is 37.2 Å². The smallest absolute Gasteiger partial charge is 0.0700 e. The van der Waals surface area contributed by atoms with Gasteiger partial charge in [-0.15, -0.1) is 37.2 Å². The summed E-state index contributed by atoms with van der Waals surface area (Å²) in [6.07, 6.45) is 11.5. The van der Waals surface area contributed by atoms with Gasteiger partial charge in [0.25, 0.3) is 0 Å². The lowest BCUT2D eigenvalue weighted by molar-refractivity contribution is 0.0220. The summed E-state index contributed by atoms with van der Waals surface area (Å²) < 4.78 is 5.66. The standard InChI is InChI=1S/C13H27NO.3ClH/c1-2-3-4-5-6-7-8-9-13-12-14-10-11-15-13;;;/h13-14H,2-12H2,1H3;3*1H. The van der Waals surface area contributed by atoms with Crippen molar-refractivity contribution in [1.29, 1.82) is 0 Å². The van der Waals surface area contributed by atoms with E-state index in [1.807, 2.05) is 0 Å². The van der Waals surface area contributed by atoms with Gasteiger partial charge >= 0.3 is 0 Å². The van der Waals surface area contributed by atoms with Crippen molar-refractivity contribution in [3.05, 3.63) is 0 Å². The second-order valence-electron chi connectivity index (χ2n) is 4.61. The van der Waals surface area contributed by atoms with E-state index in [1.165, 1.54) is 51.4 Å². The van der Waals surface area contributed by atoms with Crippen molar-refractivity contribution >= 4 is 37.2 Å². The van der Waals surface area contributed by atoms with Crippen molar-refractivity contribution in [3.63, 3.8) is 0 Å². The number of rotatable bonds is 8. The van der Waals surface area contributed by atoms with E-state index >= 15 is 0 Å². The maximum Gasteiger partial charge on any atom is 0.0700 e. The third-order valence-electron chi connectivity index (χ3n) is 3.13. The van der Waals surface area contributed by atoms with Gasteiger partial charge in [0.05, 0.1) is 12.7 Å². The fraction of sp³-hybridized carbons (Fsp3) is 1.00. The van der Waals surface area contributed by atoms with Crippen molar-refractivity contribution in [2.75, 3.05) is 19.7 Å². The lowest BCUT2D eigenvalue weighted by Gasteiger charge is -2.23. The number of hydrogen-bond acceptors (Lipinski definition) is 2. The van der Waals surface area contributed by atoms with Crippen LogP contribution in [0.1, 0.15) is 58.3 Å². The number of hydrogen-bond donors (Lipinski definition) is 1. The molecule has 0 aromatic carbocycles. The van der Waals surface area contributed by atoms with Gasteiger partial charge in [0.1, 0.15) is 0 Å². The molecule has 1 aliphatic heterocycles. The van der Waals surface area contributed by atoms with Crippen LogP contribution in [-0.4, -0.2) is 25.8 Å². The molecular weight excluding hydrogens is 293 g/mol. The van der Waals surface area contributed by atoms with Gasteiger partial charge in [0, 0.05) is 13.1 Å². The first kappa shape index (κ1) is 23.9. The van der Waals surface area contributed by atoms with Crippen LogP contribution in [-0.2, 0) is 4.74 Å². The first-order chi connectivity index (χ1) is 7.43. The molecule has 0 spiro atoms. The zero-order valence-corrected chi connectivity index (χ0v) is 13.9. The molecule has 0 aromatic heterocycles. The molecule has 1 fully saturated rings. The zero-order valence-electron chi connectivity index (χ0n) is 11.5. The van der Waals surface area contributed by atoms with Gasteiger partial charge in [-0.3, -0.25) is 0 Å². The molecule has 1 atom stereocenters. The minimum atomic E-state index is 0. The number of ether oxygens (including phenoxy) is 1. The number of nitrogens with one attached hydrogen (secondary N) is 1. The summed E-state index contributed by atoms with van der Waals surface area (Å²) in [5, 5.41) is 3.38. The van der Waals surface area contributed by atoms with E-state index in [0.717, 1.165) is 19.7 Å². The molecule has 18 heavy (non-hydrogen) atoms. The molecule has 1 saturated heterocycles. The average molecular weight is 323 g/mol. The molecule has 5 heteroatoms. The molecule has 0 aliphatic carbocycles. The topological polar surface area (TPSA) is 21.3 Å². The lowest BCUT2D eigenvalue weighted by Crippen LogP contribution is -2.38. The van der Waals surface area contributed by atoms with Crippen LogP contribution in [0.3, 0.4) is 0 Å². The quantitative estimate of drug-likeness (QED) is 0.670. The van der Waals surface area contributed by atoms with Gasteiger partial charge in [-0.25, -0.2) is 0 Å². The van der Waals surface area contributed by atoms with Crippen LogP contribution in [0.4, 0.5) is 0 Å². The van der Waals surface area contributed by atoms with Gasteiger partial charge in [0.2, 0.25) is 0 Å². The average Bonchev–Trinajstić information content (AvgIpc) is 2.29. The molecule has 1 heterocycles. The third-order valence-corrected chi connectivity index (χ3v) is 3.13. The molecule has 1 unspecified atom stereocenters. The Kier molecular flexibility index (Phi) is 23.6. The highest BCUT2D eigenvalue weighted by Gasteiger charge is 2.11. The second-order valence-corrected chi connectivity index (χ2v) is 4.61. The molecule has 1 rings (SSSR count). The Morgan fingerprint density at radius 1 is 0.944 bits per heavy atom. The van der Waals surface area contributed by atoms with Crippen molar-refractivity contribution in [1.82, 2.24) is 5.32 Å². The molecule has 0 saturated carbocycles. The summed E-state index contributed by atoms with van der Waals surface area (Å²) in [5.41, 5.74) is 0. The fourth-order valence-electron chi connectivity index (χ4n) is 2.13. The molecule has 0 radical (unpaired) electrons. The van der Waals surface area contributed by atoms with Crippen LogP contribution in [0.5, 0.6) is 0 Å². The van der Waals surface area contributed by atoms with Crippen molar-refractivity contribution in [2.45, 2.75) is 64.4 Å². The summed E-state index contributed by atoms with van der Waals surface area (Å²) in [4.78, 5) is 0. The maximum atomic E-state index is 5.66. The van der Waals surface area contributed by atoms with Crippen LogP contribution < -0.4 is 5.32 Å². The van der Waals surface area contributed by atoms with Crippen LogP contribution in [0.25, 0.3) is 0 Å². The summed E-state index contributed by atoms with van der Waals surface area (Å²) >= 11 is 0. The largest absolute Gasteiger partial charge is 0.376 e. The Labute approximate surface area is 131 Å². The zero-order chi connectivity index (χ0) is 10.8. The predicted molar refractivity (Wildman–Crippen MR) is 87.0 cm³/mol. The van der Waals surface area contributed by atoms with E-state index in [4.69, 9.17) is 4.74 Å². The molecule has 114 valence electrons. The Hall–Kier alpha value is 0.790. The number of morpholine rings is 1. The summed E-state index contributed by atoms with van der Waals surface area (Å²) in [6.45, 7) is 5.28. The van der Waals surface area contributed by atoms with Crippen LogP contribution in [0.15, 0.2) is 0 Å². The Morgan fingerprint density at radius 3 is 2.11 bits per heavy atom. The predicted octanol–water partition coefficient (Wildman–Crippen LogP) is 4.38. The minimum absolute atomic E-state index is 0. The highest BCUT2D eigenvalue weighted by molar-refractivity contribution is 5.86. The van der Waals surface area contributed by atoms with Crippen molar-refractivity contribution in [3.8, 4) is 0 Å². The Bertz CT molecular complexity index is 144. The monoisotopic (exact) mass is 321 g/mol. The van der Waals surface area contributed by atoms with Crippen LogP contribution in [0, 0.1) is 0 Å². The first-order valence-corrected chi connectivity index (χ1v) is 6.76. The van der Waals surface area contributed by atoms with Gasteiger partial charge < -0.3 is 10.1 Å². The summed E-state index contributed by atoms with van der Waals surface area (Å²) in [6, 6.07) is 0. The number of unbranched alkanes of at least 4 members (excludes halogenated alkanes) is 6. The molecule has 0 bridgehead atoms. The van der Waals surface area contributed by atoms with Gasteiger partial charge in [-0.05, 0) is 6.42 Å². The van der Waals surface area contributed by atoms with E-state index in [0.29, 0.717) is 6.10 Å². The normalized spacial score (nSPS) is 18.2. The van der Waals surface area contributed by atoms with Gasteiger partial charge in [-0.2, -0.15) is 0 Å². The first-order valence-electron chi connectivity index (χ1n) is 6.76. The van der Waals surface area contributed by atoms with E-state index in [-0.39, 0.29) is 37.2 Å². The van der Waals surface area contributed by atoms with Crippen LogP contribution in [0.2, 0.25) is 0 Å².